The second kappa shape index (κ2) is 6.02. The molecule has 0 spiro atoms. The van der Waals surface area contributed by atoms with Gasteiger partial charge in [-0.1, -0.05) is 0 Å². The van der Waals surface area contributed by atoms with Crippen LogP contribution in [0.25, 0.3) is 0 Å². The lowest BCUT2D eigenvalue weighted by molar-refractivity contribution is -0.118. The Morgan fingerprint density at radius 3 is 2.64 bits per heavy atom. The molecule has 22 heavy (non-hydrogen) atoms. The van der Waals surface area contributed by atoms with Gasteiger partial charge in [0, 0.05) is 12.7 Å². The van der Waals surface area contributed by atoms with Gasteiger partial charge in [0.15, 0.2) is 0 Å². The van der Waals surface area contributed by atoms with Crippen LogP contribution in [-0.4, -0.2) is 33.1 Å². The predicted octanol–water partition coefficient (Wildman–Crippen LogP) is 1.31. The number of rotatable bonds is 5. The summed E-state index contributed by atoms with van der Waals surface area (Å²) in [7, 11) is 1.72. The summed E-state index contributed by atoms with van der Waals surface area (Å²) in [5, 5.41) is 20.6. The topological polar surface area (TPSA) is 84.2 Å². The molecule has 0 bridgehead atoms. The van der Waals surface area contributed by atoms with E-state index in [1.165, 1.54) is 11.3 Å². The van der Waals surface area contributed by atoms with Gasteiger partial charge in [-0.25, -0.2) is 0 Å². The summed E-state index contributed by atoms with van der Waals surface area (Å²) in [6.45, 7) is 4.99. The fraction of sp³-hybridized carbons (Fsp3) is 0.400. The third kappa shape index (κ3) is 3.10. The molecule has 7 heteroatoms. The van der Waals surface area contributed by atoms with Crippen LogP contribution in [0.2, 0.25) is 0 Å². The summed E-state index contributed by atoms with van der Waals surface area (Å²) >= 11 is 1.46. The molecule has 2 heterocycles. The molecule has 0 saturated carbocycles. The third-order valence-electron chi connectivity index (χ3n) is 3.68. The first-order chi connectivity index (χ1) is 10.2. The summed E-state index contributed by atoms with van der Waals surface area (Å²) in [5.41, 5.74) is 0.968. The van der Waals surface area contributed by atoms with Crippen molar-refractivity contribution in [1.29, 1.82) is 0 Å². The van der Waals surface area contributed by atoms with Gasteiger partial charge in [-0.2, -0.15) is 16.4 Å². The number of carbonyl (C=O) groups is 2. The minimum atomic E-state index is -1.21. The SMILES string of the molecule is Cc1nn(C)c(C)c1C(=O)C(=O)NCC(C)(O)c1ccsc1. The van der Waals surface area contributed by atoms with Crippen LogP contribution in [0.1, 0.15) is 34.2 Å². The van der Waals surface area contributed by atoms with E-state index in [1.807, 2.05) is 10.8 Å². The van der Waals surface area contributed by atoms with Crippen molar-refractivity contribution >= 4 is 23.0 Å². The van der Waals surface area contributed by atoms with Crippen LogP contribution in [0.15, 0.2) is 16.8 Å². The molecule has 2 aromatic rings. The number of aryl methyl sites for hydroxylation is 2. The van der Waals surface area contributed by atoms with Gasteiger partial charge >= 0.3 is 0 Å². The molecular weight excluding hydrogens is 302 g/mol. The van der Waals surface area contributed by atoms with Gasteiger partial charge in [-0.15, -0.1) is 0 Å². The molecule has 0 aliphatic heterocycles. The minimum Gasteiger partial charge on any atom is -0.384 e. The Kier molecular flexibility index (Phi) is 4.48. The average molecular weight is 321 g/mol. The van der Waals surface area contributed by atoms with E-state index in [0.29, 0.717) is 22.5 Å². The molecule has 6 nitrogen and oxygen atoms in total. The van der Waals surface area contributed by atoms with E-state index in [4.69, 9.17) is 0 Å². The van der Waals surface area contributed by atoms with Crippen molar-refractivity contribution in [3.8, 4) is 0 Å². The maximum Gasteiger partial charge on any atom is 0.292 e. The van der Waals surface area contributed by atoms with Crippen molar-refractivity contribution in [3.05, 3.63) is 39.3 Å². The van der Waals surface area contributed by atoms with E-state index >= 15 is 0 Å². The average Bonchev–Trinajstić information content (AvgIpc) is 3.06. The number of nitrogens with zero attached hydrogens (tertiary/aromatic N) is 2. The number of ketones is 1. The molecule has 118 valence electrons. The maximum absolute atomic E-state index is 12.3. The third-order valence-corrected chi connectivity index (χ3v) is 4.36. The van der Waals surface area contributed by atoms with Crippen LogP contribution in [0.5, 0.6) is 0 Å². The summed E-state index contributed by atoms with van der Waals surface area (Å²) in [6.07, 6.45) is 0. The fourth-order valence-electron chi connectivity index (χ4n) is 2.22. The van der Waals surface area contributed by atoms with Crippen LogP contribution in [-0.2, 0) is 17.4 Å². The van der Waals surface area contributed by atoms with E-state index in [0.717, 1.165) is 0 Å². The lowest BCUT2D eigenvalue weighted by Gasteiger charge is -2.22. The largest absolute Gasteiger partial charge is 0.384 e. The number of nitrogens with one attached hydrogen (secondary N) is 1. The Bertz CT molecular complexity index is 702. The standard InChI is InChI=1S/C15H19N3O3S/c1-9-12(10(2)18(4)17-9)13(19)14(20)16-8-15(3,21)11-5-6-22-7-11/h5-7,21H,8H2,1-4H3,(H,16,20). The Morgan fingerprint density at radius 2 is 2.14 bits per heavy atom. The van der Waals surface area contributed by atoms with Crippen LogP contribution in [0.3, 0.4) is 0 Å². The van der Waals surface area contributed by atoms with Gasteiger partial charge < -0.3 is 10.4 Å². The second-order valence-corrected chi connectivity index (χ2v) is 6.25. The van der Waals surface area contributed by atoms with Gasteiger partial charge in [0.05, 0.1) is 17.8 Å². The van der Waals surface area contributed by atoms with Crippen molar-refractivity contribution in [1.82, 2.24) is 15.1 Å². The van der Waals surface area contributed by atoms with Crippen LogP contribution >= 0.6 is 11.3 Å². The molecule has 1 atom stereocenters. The summed E-state index contributed by atoms with van der Waals surface area (Å²) in [4.78, 5) is 24.3. The molecule has 2 rings (SSSR count). The first kappa shape index (κ1) is 16.4. The van der Waals surface area contributed by atoms with Crippen molar-refractivity contribution in [2.24, 2.45) is 7.05 Å². The molecule has 0 aliphatic rings. The van der Waals surface area contributed by atoms with Gasteiger partial charge in [0.1, 0.15) is 5.60 Å². The van der Waals surface area contributed by atoms with E-state index in [9.17, 15) is 14.7 Å². The summed E-state index contributed by atoms with van der Waals surface area (Å²) in [5.74, 6) is -1.38. The predicted molar refractivity (Wildman–Crippen MR) is 83.9 cm³/mol. The first-order valence-electron chi connectivity index (χ1n) is 6.82. The highest BCUT2D eigenvalue weighted by molar-refractivity contribution is 7.08. The van der Waals surface area contributed by atoms with E-state index in [2.05, 4.69) is 10.4 Å². The molecule has 2 aromatic heterocycles. The van der Waals surface area contributed by atoms with Crippen molar-refractivity contribution in [2.75, 3.05) is 6.54 Å². The van der Waals surface area contributed by atoms with Crippen LogP contribution < -0.4 is 5.32 Å². The molecule has 0 aliphatic carbocycles. The van der Waals surface area contributed by atoms with E-state index in [1.54, 1.807) is 38.6 Å². The van der Waals surface area contributed by atoms with Crippen LogP contribution in [0.4, 0.5) is 0 Å². The molecule has 0 saturated heterocycles. The number of amides is 1. The fourth-order valence-corrected chi connectivity index (χ4v) is 3.00. The molecule has 2 N–H and O–H groups in total. The Morgan fingerprint density at radius 1 is 1.45 bits per heavy atom. The van der Waals surface area contributed by atoms with Gasteiger partial charge in [-0.3, -0.25) is 14.3 Å². The molecule has 1 unspecified atom stereocenters. The smallest absolute Gasteiger partial charge is 0.292 e. The van der Waals surface area contributed by atoms with E-state index < -0.39 is 17.3 Å². The lowest BCUT2D eigenvalue weighted by Crippen LogP contribution is -2.41. The van der Waals surface area contributed by atoms with Gasteiger partial charge in [0.25, 0.3) is 11.7 Å². The molecular formula is C15H19N3O3S. The first-order valence-corrected chi connectivity index (χ1v) is 7.76. The van der Waals surface area contributed by atoms with Crippen molar-refractivity contribution in [3.63, 3.8) is 0 Å². The lowest BCUT2D eigenvalue weighted by atomic mass is 9.99. The number of Topliss-reactive ketones (excluding diaryl/α,β-unsaturated/α-hetero) is 1. The molecule has 0 aromatic carbocycles. The Hall–Kier alpha value is -1.99. The number of aromatic nitrogens is 2. The number of aliphatic hydroxyl groups is 1. The highest BCUT2D eigenvalue weighted by Crippen LogP contribution is 2.22. The van der Waals surface area contributed by atoms with Gasteiger partial charge in [-0.05, 0) is 43.2 Å². The highest BCUT2D eigenvalue weighted by atomic mass is 32.1. The minimum absolute atomic E-state index is 0.0351. The normalized spacial score (nSPS) is 13.7. The highest BCUT2D eigenvalue weighted by Gasteiger charge is 2.28. The summed E-state index contributed by atoms with van der Waals surface area (Å²) in [6, 6.07) is 1.79. The molecule has 1 amide bonds. The number of thiophene rings is 1. The zero-order valence-corrected chi connectivity index (χ0v) is 13.8. The van der Waals surface area contributed by atoms with E-state index in [-0.39, 0.29) is 6.54 Å². The van der Waals surface area contributed by atoms with Crippen LogP contribution in [0, 0.1) is 13.8 Å². The molecule has 0 fully saturated rings. The number of carbonyl (C=O) groups excluding carboxylic acids is 2. The zero-order valence-electron chi connectivity index (χ0n) is 13.0. The zero-order chi connectivity index (χ0) is 16.5. The number of hydrogen-bond donors (Lipinski definition) is 2. The molecule has 0 radical (unpaired) electrons. The van der Waals surface area contributed by atoms with Crippen molar-refractivity contribution < 1.29 is 14.7 Å². The van der Waals surface area contributed by atoms with Gasteiger partial charge in [0.2, 0.25) is 0 Å². The van der Waals surface area contributed by atoms with Crippen molar-refractivity contribution in [2.45, 2.75) is 26.4 Å². The summed E-state index contributed by atoms with van der Waals surface area (Å²) < 4.78 is 1.57. The Labute approximate surface area is 132 Å². The maximum atomic E-state index is 12.3. The Balaban J connectivity index is 2.08. The quantitative estimate of drug-likeness (QED) is 0.642. The monoisotopic (exact) mass is 321 g/mol. The number of hydrogen-bond acceptors (Lipinski definition) is 5. The second-order valence-electron chi connectivity index (χ2n) is 5.47.